The normalized spacial score (nSPS) is 21.7. The molecule has 0 amide bonds. The van der Waals surface area contributed by atoms with Crippen LogP contribution in [0.1, 0.15) is 57.6 Å². The maximum absolute atomic E-state index is 4.83. The van der Waals surface area contributed by atoms with Gasteiger partial charge in [-0.1, -0.05) is 32.3 Å². The molecule has 1 saturated heterocycles. The maximum atomic E-state index is 4.83. The van der Waals surface area contributed by atoms with Crippen LogP contribution >= 0.6 is 0 Å². The maximum Gasteiger partial charge on any atom is 0.128 e. The minimum absolute atomic E-state index is 0.677. The molecule has 0 atom stereocenters. The van der Waals surface area contributed by atoms with Crippen LogP contribution in [0, 0.1) is 5.41 Å². The van der Waals surface area contributed by atoms with Crippen molar-refractivity contribution in [2.24, 2.45) is 5.41 Å². The number of hydrogen-bond donors (Lipinski definition) is 1. The second-order valence-corrected chi connectivity index (χ2v) is 6.82. The van der Waals surface area contributed by atoms with Crippen molar-refractivity contribution in [3.05, 3.63) is 23.9 Å². The first-order chi connectivity index (χ1) is 10.3. The Morgan fingerprint density at radius 1 is 1.10 bits per heavy atom. The van der Waals surface area contributed by atoms with E-state index in [-0.39, 0.29) is 0 Å². The van der Waals surface area contributed by atoms with Crippen molar-refractivity contribution in [1.82, 2.24) is 10.3 Å². The van der Waals surface area contributed by atoms with Gasteiger partial charge in [0.1, 0.15) is 5.82 Å². The fourth-order valence-electron chi connectivity index (χ4n) is 4.01. The van der Waals surface area contributed by atoms with Gasteiger partial charge in [0.05, 0.1) is 5.69 Å². The van der Waals surface area contributed by atoms with Gasteiger partial charge >= 0.3 is 0 Å². The van der Waals surface area contributed by atoms with E-state index in [0.717, 1.165) is 18.8 Å². The lowest BCUT2D eigenvalue weighted by Crippen LogP contribution is -2.41. The minimum atomic E-state index is 0.677. The van der Waals surface area contributed by atoms with Crippen LogP contribution in [0.3, 0.4) is 0 Å². The van der Waals surface area contributed by atoms with Crippen LogP contribution in [0.5, 0.6) is 0 Å². The zero-order valence-electron chi connectivity index (χ0n) is 13.4. The fraction of sp³-hybridized carbons (Fsp3) is 0.722. The fourth-order valence-corrected chi connectivity index (χ4v) is 4.01. The standard InChI is InChI=1S/C18H29N3/c1-2-19-15-16-7-6-8-17(20-16)21-13-11-18(12-14-21)9-4-3-5-10-18/h6-8,19H,2-5,9-15H2,1H3. The second-order valence-electron chi connectivity index (χ2n) is 6.82. The van der Waals surface area contributed by atoms with Crippen LogP contribution in [-0.2, 0) is 6.54 Å². The van der Waals surface area contributed by atoms with E-state index in [1.807, 2.05) is 0 Å². The number of piperidine rings is 1. The van der Waals surface area contributed by atoms with Crippen LogP contribution in [-0.4, -0.2) is 24.6 Å². The van der Waals surface area contributed by atoms with Gasteiger partial charge in [0, 0.05) is 19.6 Å². The van der Waals surface area contributed by atoms with Crippen molar-refractivity contribution in [2.45, 2.75) is 58.4 Å². The Morgan fingerprint density at radius 3 is 2.57 bits per heavy atom. The lowest BCUT2D eigenvalue weighted by Gasteiger charge is -2.44. The molecule has 1 aliphatic heterocycles. The summed E-state index contributed by atoms with van der Waals surface area (Å²) >= 11 is 0. The Kier molecular flexibility index (Phi) is 4.79. The molecular weight excluding hydrogens is 258 g/mol. The predicted molar refractivity (Wildman–Crippen MR) is 88.6 cm³/mol. The highest BCUT2D eigenvalue weighted by Gasteiger charge is 2.35. The molecule has 1 aromatic heterocycles. The molecule has 1 spiro atoms. The Hall–Kier alpha value is -1.09. The molecule has 116 valence electrons. The first-order valence-electron chi connectivity index (χ1n) is 8.73. The number of pyridine rings is 1. The zero-order valence-corrected chi connectivity index (χ0v) is 13.4. The molecule has 0 bridgehead atoms. The summed E-state index contributed by atoms with van der Waals surface area (Å²) in [5.41, 5.74) is 1.84. The van der Waals surface area contributed by atoms with E-state index in [1.54, 1.807) is 0 Å². The van der Waals surface area contributed by atoms with Gasteiger partial charge in [0.25, 0.3) is 0 Å². The molecule has 1 N–H and O–H groups in total. The summed E-state index contributed by atoms with van der Waals surface area (Å²) in [5, 5.41) is 3.36. The third-order valence-corrected chi connectivity index (χ3v) is 5.41. The molecular formula is C18H29N3. The smallest absolute Gasteiger partial charge is 0.128 e. The number of anilines is 1. The molecule has 0 radical (unpaired) electrons. The quantitative estimate of drug-likeness (QED) is 0.914. The highest BCUT2D eigenvalue weighted by atomic mass is 15.2. The molecule has 2 aliphatic rings. The summed E-state index contributed by atoms with van der Waals surface area (Å²) in [5.74, 6) is 1.18. The number of nitrogens with zero attached hydrogens (tertiary/aromatic N) is 2. The lowest BCUT2D eigenvalue weighted by molar-refractivity contribution is 0.144. The third-order valence-electron chi connectivity index (χ3n) is 5.41. The van der Waals surface area contributed by atoms with Gasteiger partial charge in [-0.25, -0.2) is 4.98 Å². The number of rotatable bonds is 4. The van der Waals surface area contributed by atoms with Gasteiger partial charge in [-0.15, -0.1) is 0 Å². The van der Waals surface area contributed by atoms with Crippen molar-refractivity contribution in [1.29, 1.82) is 0 Å². The summed E-state index contributed by atoms with van der Waals surface area (Å²) in [6.07, 6.45) is 10.0. The average Bonchev–Trinajstić information content (AvgIpc) is 2.55. The van der Waals surface area contributed by atoms with Crippen molar-refractivity contribution in [3.63, 3.8) is 0 Å². The summed E-state index contributed by atoms with van der Waals surface area (Å²) in [6.45, 7) is 6.40. The number of aromatic nitrogens is 1. The monoisotopic (exact) mass is 287 g/mol. The molecule has 0 aromatic carbocycles. The van der Waals surface area contributed by atoms with Crippen LogP contribution in [0.15, 0.2) is 18.2 Å². The van der Waals surface area contributed by atoms with E-state index in [2.05, 4.69) is 35.3 Å². The van der Waals surface area contributed by atoms with Crippen LogP contribution in [0.25, 0.3) is 0 Å². The first kappa shape index (κ1) is 14.8. The Morgan fingerprint density at radius 2 is 1.86 bits per heavy atom. The van der Waals surface area contributed by atoms with E-state index >= 15 is 0 Å². The lowest BCUT2D eigenvalue weighted by atomic mass is 9.68. The molecule has 0 unspecified atom stereocenters. The Bertz CT molecular complexity index is 442. The molecule has 2 fully saturated rings. The van der Waals surface area contributed by atoms with Gasteiger partial charge in [-0.3, -0.25) is 0 Å². The summed E-state index contributed by atoms with van der Waals surface area (Å²) in [6, 6.07) is 6.45. The van der Waals surface area contributed by atoms with Gasteiger partial charge < -0.3 is 10.2 Å². The van der Waals surface area contributed by atoms with Gasteiger partial charge in [-0.2, -0.15) is 0 Å². The predicted octanol–water partition coefficient (Wildman–Crippen LogP) is 3.74. The molecule has 1 saturated carbocycles. The van der Waals surface area contributed by atoms with E-state index < -0.39 is 0 Å². The van der Waals surface area contributed by atoms with Crippen molar-refractivity contribution < 1.29 is 0 Å². The van der Waals surface area contributed by atoms with Crippen LogP contribution < -0.4 is 10.2 Å². The Labute approximate surface area is 129 Å². The average molecular weight is 287 g/mol. The van der Waals surface area contributed by atoms with Gasteiger partial charge in [0.15, 0.2) is 0 Å². The topological polar surface area (TPSA) is 28.2 Å². The molecule has 1 aliphatic carbocycles. The SMILES string of the molecule is CCNCc1cccc(N2CCC3(CCCCC3)CC2)n1. The molecule has 2 heterocycles. The largest absolute Gasteiger partial charge is 0.357 e. The number of nitrogens with one attached hydrogen (secondary N) is 1. The molecule has 21 heavy (non-hydrogen) atoms. The van der Waals surface area contributed by atoms with Crippen molar-refractivity contribution in [3.8, 4) is 0 Å². The molecule has 1 aromatic rings. The van der Waals surface area contributed by atoms with E-state index in [9.17, 15) is 0 Å². The summed E-state index contributed by atoms with van der Waals surface area (Å²) in [7, 11) is 0. The second kappa shape index (κ2) is 6.78. The highest BCUT2D eigenvalue weighted by molar-refractivity contribution is 5.40. The molecule has 3 rings (SSSR count). The summed E-state index contributed by atoms with van der Waals surface area (Å²) < 4.78 is 0. The summed E-state index contributed by atoms with van der Waals surface area (Å²) in [4.78, 5) is 7.33. The van der Waals surface area contributed by atoms with E-state index in [0.29, 0.717) is 5.41 Å². The van der Waals surface area contributed by atoms with Gasteiger partial charge in [0.2, 0.25) is 0 Å². The third kappa shape index (κ3) is 3.57. The van der Waals surface area contributed by atoms with E-state index in [4.69, 9.17) is 4.98 Å². The van der Waals surface area contributed by atoms with Crippen LogP contribution in [0.4, 0.5) is 5.82 Å². The van der Waals surface area contributed by atoms with E-state index in [1.165, 1.54) is 63.9 Å². The van der Waals surface area contributed by atoms with Crippen molar-refractivity contribution >= 4 is 5.82 Å². The van der Waals surface area contributed by atoms with Crippen LogP contribution in [0.2, 0.25) is 0 Å². The highest BCUT2D eigenvalue weighted by Crippen LogP contribution is 2.44. The van der Waals surface area contributed by atoms with Gasteiger partial charge in [-0.05, 0) is 49.8 Å². The molecule has 3 nitrogen and oxygen atoms in total. The minimum Gasteiger partial charge on any atom is -0.357 e. The first-order valence-corrected chi connectivity index (χ1v) is 8.73. The Balaban J connectivity index is 1.61. The molecule has 3 heteroatoms. The zero-order chi connectivity index (χ0) is 14.5. The number of hydrogen-bond acceptors (Lipinski definition) is 3. The van der Waals surface area contributed by atoms with Crippen molar-refractivity contribution in [2.75, 3.05) is 24.5 Å².